The van der Waals surface area contributed by atoms with Crippen molar-refractivity contribution in [3.05, 3.63) is 144 Å². The van der Waals surface area contributed by atoms with Crippen LogP contribution in [0, 0.1) is 5.41 Å². The number of rotatable bonds is 11. The molecule has 0 N–H and O–H groups in total. The first-order chi connectivity index (χ1) is 25.0. The van der Waals surface area contributed by atoms with Crippen molar-refractivity contribution >= 4 is 52.2 Å². The van der Waals surface area contributed by atoms with Gasteiger partial charge in [0.1, 0.15) is 12.7 Å². The van der Waals surface area contributed by atoms with Crippen LogP contribution in [0.15, 0.2) is 121 Å². The largest absolute Gasteiger partial charge is 0.478 e. The van der Waals surface area contributed by atoms with Crippen LogP contribution in [0.5, 0.6) is 0 Å². The van der Waals surface area contributed by atoms with E-state index in [2.05, 4.69) is 0 Å². The van der Waals surface area contributed by atoms with Crippen molar-refractivity contribution in [1.82, 2.24) is 0 Å². The van der Waals surface area contributed by atoms with Gasteiger partial charge in [-0.15, -0.1) is 0 Å². The number of benzene rings is 4. The number of thioether (sulfide) groups is 1. The Morgan fingerprint density at radius 3 is 1.38 bits per heavy atom. The lowest BCUT2D eigenvalue weighted by atomic mass is 9.98. The van der Waals surface area contributed by atoms with Gasteiger partial charge in [0.2, 0.25) is 4.38 Å². The van der Waals surface area contributed by atoms with Gasteiger partial charge in [-0.2, -0.15) is 0 Å². The molecule has 52 heavy (non-hydrogen) atoms. The lowest BCUT2D eigenvalue weighted by Gasteiger charge is -2.44. The first-order valence-electron chi connectivity index (χ1n) is 16.5. The Morgan fingerprint density at radius 2 is 0.962 bits per heavy atom. The highest BCUT2D eigenvalue weighted by Crippen LogP contribution is 2.36. The smallest absolute Gasteiger partial charge is 0.338 e. The molecule has 12 heteroatoms. The second kappa shape index (κ2) is 17.9. The monoisotopic (exact) mass is 742 g/mol. The number of hydrogen-bond acceptors (Lipinski definition) is 12. The zero-order valence-electron chi connectivity index (χ0n) is 28.7. The van der Waals surface area contributed by atoms with Crippen LogP contribution in [-0.4, -0.2) is 71.3 Å². The Bertz CT molecular complexity index is 1820. The zero-order chi connectivity index (χ0) is 37.1. The maximum absolute atomic E-state index is 13.7. The Hall–Kier alpha value is -5.04. The molecule has 0 unspecified atom stereocenters. The first kappa shape index (κ1) is 38.2. The number of ether oxygens (including phenoxy) is 6. The molecule has 5 atom stereocenters. The quantitative estimate of drug-likeness (QED) is 0.0869. The Labute approximate surface area is 311 Å². The third-order valence-electron chi connectivity index (χ3n) is 7.57. The number of thiocarbonyl (C=S) groups is 1. The topological polar surface area (TPSA) is 124 Å². The molecular formula is C40H38O10S2. The Kier molecular flexibility index (Phi) is 13.2. The molecule has 0 amide bonds. The van der Waals surface area contributed by atoms with Crippen molar-refractivity contribution in [3.8, 4) is 0 Å². The standard InChI is InChI=1S/C40H38O10S2/c1-40(2,3)25-46-39(51)52-38-33(50-37(44)29-22-14-7-15-23-29)32(49-36(43)28-20-12-6-13-21-28)31(48-35(42)27-18-10-5-11-19-27)30(47-38)24-45-34(41)26-16-8-4-9-17-26/h4-23,30-33,38H,24-25H2,1-3H3/t30-,31+,32+,33-,38+/m1/s1. The van der Waals surface area contributed by atoms with Crippen LogP contribution in [0.1, 0.15) is 62.2 Å². The van der Waals surface area contributed by atoms with Gasteiger partial charge in [-0.1, -0.05) is 93.6 Å². The van der Waals surface area contributed by atoms with Crippen LogP contribution in [0.25, 0.3) is 0 Å². The highest BCUT2D eigenvalue weighted by Gasteiger charge is 2.53. The summed E-state index contributed by atoms with van der Waals surface area (Å²) in [7, 11) is 0. The van der Waals surface area contributed by atoms with Gasteiger partial charge in [0.05, 0.1) is 28.9 Å². The van der Waals surface area contributed by atoms with Crippen molar-refractivity contribution in [3.63, 3.8) is 0 Å². The van der Waals surface area contributed by atoms with E-state index in [9.17, 15) is 19.2 Å². The van der Waals surface area contributed by atoms with Crippen LogP contribution in [-0.2, 0) is 28.4 Å². The predicted molar refractivity (Wildman–Crippen MR) is 198 cm³/mol. The molecule has 1 fully saturated rings. The maximum Gasteiger partial charge on any atom is 0.338 e. The molecule has 1 aliphatic heterocycles. The van der Waals surface area contributed by atoms with Gasteiger partial charge in [0.25, 0.3) is 0 Å². The minimum atomic E-state index is -1.48. The summed E-state index contributed by atoms with van der Waals surface area (Å²) in [4.78, 5) is 54.1. The summed E-state index contributed by atoms with van der Waals surface area (Å²) in [5.74, 6) is -2.99. The average Bonchev–Trinajstić information content (AvgIpc) is 3.16. The van der Waals surface area contributed by atoms with Crippen molar-refractivity contribution in [2.75, 3.05) is 13.2 Å². The van der Waals surface area contributed by atoms with Gasteiger partial charge >= 0.3 is 23.9 Å². The first-order valence-corrected chi connectivity index (χ1v) is 17.8. The summed E-state index contributed by atoms with van der Waals surface area (Å²) in [6.07, 6.45) is -5.57. The second-order valence-corrected chi connectivity index (χ2v) is 14.6. The molecule has 5 rings (SSSR count). The molecule has 0 radical (unpaired) electrons. The highest BCUT2D eigenvalue weighted by atomic mass is 32.2. The molecule has 1 aliphatic rings. The van der Waals surface area contributed by atoms with Gasteiger partial charge in [-0.05, 0) is 77.9 Å². The fourth-order valence-electron chi connectivity index (χ4n) is 5.03. The summed E-state index contributed by atoms with van der Waals surface area (Å²) in [5, 5.41) is 0. The van der Waals surface area contributed by atoms with E-state index >= 15 is 0 Å². The molecule has 10 nitrogen and oxygen atoms in total. The van der Waals surface area contributed by atoms with E-state index in [0.717, 1.165) is 11.8 Å². The SMILES string of the molecule is CC(C)(C)COC(=S)S[C@@H]1O[C@H](COC(=O)c2ccccc2)[C@H](OC(=O)c2ccccc2)[C@H](OC(=O)c2ccccc2)[C@H]1OC(=O)c1ccccc1. The summed E-state index contributed by atoms with van der Waals surface area (Å²) in [6, 6.07) is 32.9. The van der Waals surface area contributed by atoms with Gasteiger partial charge in [0.15, 0.2) is 23.7 Å². The molecule has 0 bridgehead atoms. The normalized spacial score (nSPS) is 19.8. The van der Waals surface area contributed by atoms with Crippen molar-refractivity contribution in [2.45, 2.75) is 50.6 Å². The third kappa shape index (κ3) is 10.7. The molecule has 0 spiro atoms. The maximum atomic E-state index is 13.7. The van der Waals surface area contributed by atoms with Gasteiger partial charge < -0.3 is 28.4 Å². The molecule has 1 saturated heterocycles. The lowest BCUT2D eigenvalue weighted by molar-refractivity contribution is -0.207. The van der Waals surface area contributed by atoms with E-state index in [0.29, 0.717) is 0 Å². The van der Waals surface area contributed by atoms with Crippen LogP contribution in [0.4, 0.5) is 0 Å². The van der Waals surface area contributed by atoms with Crippen molar-refractivity contribution in [2.24, 2.45) is 5.41 Å². The minimum Gasteiger partial charge on any atom is -0.478 e. The molecule has 4 aromatic carbocycles. The molecule has 1 heterocycles. The van der Waals surface area contributed by atoms with E-state index in [-0.39, 0.29) is 38.7 Å². The Morgan fingerprint density at radius 1 is 0.577 bits per heavy atom. The van der Waals surface area contributed by atoms with Crippen molar-refractivity contribution < 1.29 is 47.6 Å². The van der Waals surface area contributed by atoms with E-state index in [1.165, 1.54) is 0 Å². The average molecular weight is 743 g/mol. The van der Waals surface area contributed by atoms with E-state index in [4.69, 9.17) is 40.6 Å². The lowest BCUT2D eigenvalue weighted by Crippen LogP contribution is -2.62. The van der Waals surface area contributed by atoms with E-state index < -0.39 is 60.3 Å². The number of carbonyl (C=O) groups excluding carboxylic acids is 4. The number of esters is 4. The highest BCUT2D eigenvalue weighted by molar-refractivity contribution is 8.22. The Balaban J connectivity index is 1.56. The number of hydrogen-bond donors (Lipinski definition) is 0. The summed E-state index contributed by atoms with van der Waals surface area (Å²) in [5.41, 5.74) is -0.545. The summed E-state index contributed by atoms with van der Waals surface area (Å²) in [6.45, 7) is 5.75. The fraction of sp³-hybridized carbons (Fsp3) is 0.275. The van der Waals surface area contributed by atoms with Crippen LogP contribution >= 0.6 is 24.0 Å². The molecule has 0 saturated carbocycles. The van der Waals surface area contributed by atoms with Crippen LogP contribution in [0.2, 0.25) is 0 Å². The van der Waals surface area contributed by atoms with E-state index in [1.807, 2.05) is 20.8 Å². The van der Waals surface area contributed by atoms with E-state index in [1.54, 1.807) is 121 Å². The van der Waals surface area contributed by atoms with Crippen molar-refractivity contribution in [1.29, 1.82) is 0 Å². The van der Waals surface area contributed by atoms with Gasteiger partial charge in [0, 0.05) is 0 Å². The predicted octanol–water partition coefficient (Wildman–Crippen LogP) is 7.33. The summed E-state index contributed by atoms with van der Waals surface area (Å²) >= 11 is 6.50. The number of carbonyl (C=O) groups is 4. The third-order valence-corrected chi connectivity index (χ3v) is 8.90. The molecule has 4 aromatic rings. The zero-order valence-corrected chi connectivity index (χ0v) is 30.4. The molecule has 0 aliphatic carbocycles. The molecule has 270 valence electrons. The summed E-state index contributed by atoms with van der Waals surface area (Å²) < 4.78 is 36.3. The van der Waals surface area contributed by atoms with Gasteiger partial charge in [-0.25, -0.2) is 19.2 Å². The molecule has 0 aromatic heterocycles. The minimum absolute atomic E-state index is 0.0635. The molecular weight excluding hydrogens is 705 g/mol. The van der Waals surface area contributed by atoms with Gasteiger partial charge in [-0.3, -0.25) is 0 Å². The fourth-order valence-corrected chi connectivity index (χ4v) is 6.23. The van der Waals surface area contributed by atoms with Crippen LogP contribution in [0.3, 0.4) is 0 Å². The van der Waals surface area contributed by atoms with Crippen LogP contribution < -0.4 is 0 Å². The second-order valence-electron chi connectivity index (χ2n) is 12.9.